The molecule has 1 aromatic rings. The Labute approximate surface area is 74.3 Å². The van der Waals surface area contributed by atoms with Crippen LogP contribution >= 0.6 is 0 Å². The van der Waals surface area contributed by atoms with Crippen molar-refractivity contribution in [3.05, 3.63) is 18.5 Å². The number of alkyl halides is 2. The summed E-state index contributed by atoms with van der Waals surface area (Å²) in [6.45, 7) is -0.584. The fourth-order valence-electron chi connectivity index (χ4n) is 0.812. The van der Waals surface area contributed by atoms with Gasteiger partial charge in [-0.2, -0.15) is 8.78 Å². The maximum Gasteiger partial charge on any atom is 0.387 e. The predicted molar refractivity (Wildman–Crippen MR) is 42.0 cm³/mol. The third-order valence-electron chi connectivity index (χ3n) is 1.22. The van der Waals surface area contributed by atoms with Crippen molar-refractivity contribution in [2.24, 2.45) is 0 Å². The SMILES string of the molecule is CCOc1cncc(OC(F)F)c1. The second-order valence-corrected chi connectivity index (χ2v) is 2.17. The van der Waals surface area contributed by atoms with Gasteiger partial charge in [-0.05, 0) is 6.92 Å². The average molecular weight is 189 g/mol. The summed E-state index contributed by atoms with van der Waals surface area (Å²) in [7, 11) is 0. The zero-order valence-corrected chi connectivity index (χ0v) is 7.04. The van der Waals surface area contributed by atoms with Crippen LogP contribution in [0.15, 0.2) is 18.5 Å². The zero-order chi connectivity index (χ0) is 9.68. The number of hydrogen-bond donors (Lipinski definition) is 0. The van der Waals surface area contributed by atoms with Gasteiger partial charge in [-0.1, -0.05) is 0 Å². The molecular formula is C8H9F2NO2. The van der Waals surface area contributed by atoms with Gasteiger partial charge in [0.25, 0.3) is 0 Å². The lowest BCUT2D eigenvalue weighted by Gasteiger charge is -2.05. The third-order valence-corrected chi connectivity index (χ3v) is 1.22. The van der Waals surface area contributed by atoms with Gasteiger partial charge in [-0.3, -0.25) is 4.98 Å². The Morgan fingerprint density at radius 3 is 2.69 bits per heavy atom. The highest BCUT2D eigenvalue weighted by atomic mass is 19.3. The lowest BCUT2D eigenvalue weighted by Crippen LogP contribution is -2.02. The molecule has 72 valence electrons. The zero-order valence-electron chi connectivity index (χ0n) is 7.04. The summed E-state index contributed by atoms with van der Waals surface area (Å²) in [6, 6.07) is 1.36. The number of nitrogens with zero attached hydrogens (tertiary/aromatic N) is 1. The smallest absolute Gasteiger partial charge is 0.387 e. The second kappa shape index (κ2) is 4.59. The summed E-state index contributed by atoms with van der Waals surface area (Å²) < 4.78 is 32.7. The van der Waals surface area contributed by atoms with Crippen LogP contribution in [0.5, 0.6) is 11.5 Å². The van der Waals surface area contributed by atoms with Crippen LogP contribution in [0.4, 0.5) is 8.78 Å². The molecule has 0 spiro atoms. The van der Waals surface area contributed by atoms with Gasteiger partial charge in [0.1, 0.15) is 11.5 Å². The highest BCUT2D eigenvalue weighted by Gasteiger charge is 2.05. The van der Waals surface area contributed by atoms with Gasteiger partial charge >= 0.3 is 6.61 Å². The van der Waals surface area contributed by atoms with Crippen molar-refractivity contribution in [2.75, 3.05) is 6.61 Å². The summed E-state index contributed by atoms with van der Waals surface area (Å²) in [5.74, 6) is 0.418. The summed E-state index contributed by atoms with van der Waals surface area (Å²) in [6.07, 6.45) is 2.64. The Morgan fingerprint density at radius 2 is 2.08 bits per heavy atom. The van der Waals surface area contributed by atoms with Crippen molar-refractivity contribution in [1.29, 1.82) is 0 Å². The molecule has 13 heavy (non-hydrogen) atoms. The van der Waals surface area contributed by atoms with Gasteiger partial charge in [0.2, 0.25) is 0 Å². The van der Waals surface area contributed by atoms with E-state index in [4.69, 9.17) is 4.74 Å². The lowest BCUT2D eigenvalue weighted by molar-refractivity contribution is -0.0501. The van der Waals surface area contributed by atoms with E-state index in [1.807, 2.05) is 0 Å². The fraction of sp³-hybridized carbons (Fsp3) is 0.375. The topological polar surface area (TPSA) is 31.4 Å². The van der Waals surface area contributed by atoms with Gasteiger partial charge < -0.3 is 9.47 Å². The molecule has 0 N–H and O–H groups in total. The van der Waals surface area contributed by atoms with Crippen LogP contribution in [0, 0.1) is 0 Å². The van der Waals surface area contributed by atoms with Crippen molar-refractivity contribution in [3.8, 4) is 11.5 Å². The van der Waals surface area contributed by atoms with Gasteiger partial charge in [0.05, 0.1) is 19.0 Å². The molecule has 0 aliphatic heterocycles. The molecule has 0 saturated heterocycles. The van der Waals surface area contributed by atoms with Crippen LogP contribution in [0.3, 0.4) is 0 Å². The van der Waals surface area contributed by atoms with E-state index >= 15 is 0 Å². The van der Waals surface area contributed by atoms with Crippen molar-refractivity contribution in [1.82, 2.24) is 4.98 Å². The van der Waals surface area contributed by atoms with E-state index in [1.54, 1.807) is 6.92 Å². The molecule has 0 radical (unpaired) electrons. The van der Waals surface area contributed by atoms with Gasteiger partial charge in [-0.25, -0.2) is 0 Å². The molecular weight excluding hydrogens is 180 g/mol. The molecule has 3 nitrogen and oxygen atoms in total. The quantitative estimate of drug-likeness (QED) is 0.726. The highest BCUT2D eigenvalue weighted by Crippen LogP contribution is 2.18. The van der Waals surface area contributed by atoms with Crippen molar-refractivity contribution in [2.45, 2.75) is 13.5 Å². The molecule has 0 fully saturated rings. The predicted octanol–water partition coefficient (Wildman–Crippen LogP) is 2.08. The summed E-state index contributed by atoms with van der Waals surface area (Å²) in [5.41, 5.74) is 0. The minimum absolute atomic E-state index is 0.000880. The summed E-state index contributed by atoms with van der Waals surface area (Å²) in [5, 5.41) is 0. The third kappa shape index (κ3) is 3.23. The average Bonchev–Trinajstić information content (AvgIpc) is 2.04. The van der Waals surface area contributed by atoms with E-state index in [0.717, 1.165) is 0 Å². The lowest BCUT2D eigenvalue weighted by atomic mass is 10.4. The Kier molecular flexibility index (Phi) is 3.42. The van der Waals surface area contributed by atoms with Gasteiger partial charge in [-0.15, -0.1) is 0 Å². The molecule has 1 heterocycles. The number of aromatic nitrogens is 1. The molecule has 0 aliphatic rings. The number of pyridine rings is 1. The summed E-state index contributed by atoms with van der Waals surface area (Å²) >= 11 is 0. The first-order valence-corrected chi connectivity index (χ1v) is 3.75. The molecule has 1 aromatic heterocycles. The van der Waals surface area contributed by atoms with E-state index in [2.05, 4.69) is 9.72 Å². The molecule has 0 atom stereocenters. The molecule has 0 unspecified atom stereocenters. The van der Waals surface area contributed by atoms with Crippen molar-refractivity contribution < 1.29 is 18.3 Å². The number of ether oxygens (including phenoxy) is 2. The van der Waals surface area contributed by atoms with E-state index in [0.29, 0.717) is 12.4 Å². The maximum atomic E-state index is 11.7. The van der Waals surface area contributed by atoms with Crippen LogP contribution in [0.25, 0.3) is 0 Å². The van der Waals surface area contributed by atoms with Crippen LogP contribution < -0.4 is 9.47 Å². The molecule has 1 rings (SSSR count). The van der Waals surface area contributed by atoms with Crippen LogP contribution in [-0.4, -0.2) is 18.2 Å². The van der Waals surface area contributed by atoms with Gasteiger partial charge in [0.15, 0.2) is 0 Å². The monoisotopic (exact) mass is 189 g/mol. The molecule has 0 aromatic carbocycles. The molecule has 0 amide bonds. The Hall–Kier alpha value is -1.39. The minimum Gasteiger partial charge on any atom is -0.492 e. The Balaban J connectivity index is 2.67. The Bertz CT molecular complexity index is 268. The van der Waals surface area contributed by atoms with Crippen LogP contribution in [-0.2, 0) is 0 Å². The van der Waals surface area contributed by atoms with Crippen molar-refractivity contribution in [3.63, 3.8) is 0 Å². The fourth-order valence-corrected chi connectivity index (χ4v) is 0.812. The second-order valence-electron chi connectivity index (χ2n) is 2.17. The number of hydrogen-bond acceptors (Lipinski definition) is 3. The molecule has 0 aliphatic carbocycles. The number of rotatable bonds is 4. The maximum absolute atomic E-state index is 11.7. The van der Waals surface area contributed by atoms with Gasteiger partial charge in [0, 0.05) is 6.07 Å². The largest absolute Gasteiger partial charge is 0.492 e. The highest BCUT2D eigenvalue weighted by molar-refractivity contribution is 5.28. The first-order chi connectivity index (χ1) is 6.22. The Morgan fingerprint density at radius 1 is 1.38 bits per heavy atom. The van der Waals surface area contributed by atoms with E-state index in [1.165, 1.54) is 18.5 Å². The molecule has 0 bridgehead atoms. The normalized spacial score (nSPS) is 10.2. The van der Waals surface area contributed by atoms with E-state index < -0.39 is 6.61 Å². The molecule has 5 heteroatoms. The molecule has 0 saturated carbocycles. The number of halogens is 2. The van der Waals surface area contributed by atoms with Crippen molar-refractivity contribution >= 4 is 0 Å². The first-order valence-electron chi connectivity index (χ1n) is 3.75. The minimum atomic E-state index is -2.83. The summed E-state index contributed by atoms with van der Waals surface area (Å²) in [4.78, 5) is 3.67. The van der Waals surface area contributed by atoms with Crippen LogP contribution in [0.1, 0.15) is 6.92 Å². The standard InChI is InChI=1S/C8H9F2NO2/c1-2-12-6-3-7(5-11-4-6)13-8(9)10/h3-5,8H,2H2,1H3. The van der Waals surface area contributed by atoms with E-state index in [9.17, 15) is 8.78 Å². The van der Waals surface area contributed by atoms with E-state index in [-0.39, 0.29) is 5.75 Å². The first kappa shape index (κ1) is 9.70. The van der Waals surface area contributed by atoms with Crippen LogP contribution in [0.2, 0.25) is 0 Å².